The Bertz CT molecular complexity index is 1790. The first-order chi connectivity index (χ1) is 43.8. The second kappa shape index (κ2) is 62.8. The fourth-order valence-electron chi connectivity index (χ4n) is 10.8. The van der Waals surface area contributed by atoms with Crippen molar-refractivity contribution in [3.63, 3.8) is 0 Å². The molecule has 0 aliphatic rings. The number of ether oxygens (including phenoxy) is 4. The van der Waals surface area contributed by atoms with Gasteiger partial charge in [-0.15, -0.1) is 0 Å². The molecule has 0 aromatic rings. The molecule has 5 unspecified atom stereocenters. The molecule has 19 heteroatoms. The molecule has 0 spiro atoms. The zero-order chi connectivity index (χ0) is 67.3. The van der Waals surface area contributed by atoms with E-state index >= 15 is 0 Å². The fraction of sp³-hybridized carbons (Fsp3) is 0.944. The van der Waals surface area contributed by atoms with Crippen LogP contribution < -0.4 is 0 Å². The van der Waals surface area contributed by atoms with Crippen molar-refractivity contribution in [2.75, 3.05) is 39.6 Å². The predicted octanol–water partition coefficient (Wildman–Crippen LogP) is 20.6. The second-order valence-electron chi connectivity index (χ2n) is 26.7. The maximum Gasteiger partial charge on any atom is 0.472 e. The number of unbranched alkanes of at least 4 members (excludes halogenated alkanes) is 35. The standard InChI is InChI=1S/C72H140O17P2/c1-8-12-13-36-46-53-69(74)82-59-67(89-72(77)56-49-42-35-34-39-45-52-65(7)11-4)61-86-90(78,79)84-57-66(73)58-85-91(80,81)87-62-68(60-83-70(75)54-47-40-32-28-25-24-27-31-38-44-51-64(6)10-3)88-71(76)55-48-41-33-29-23-21-19-17-15-14-16-18-20-22-26-30-37-43-50-63(5)9-2/h63-68,73H,8-62H2,1-7H3,(H,78,79)(H,80,81)/t63?,64?,65?,66-,67+,68+/m0/s1. The number of hydrogen-bond acceptors (Lipinski definition) is 15. The third-order valence-electron chi connectivity index (χ3n) is 17.7. The minimum atomic E-state index is -4.95. The van der Waals surface area contributed by atoms with E-state index in [2.05, 4.69) is 48.5 Å². The maximum absolute atomic E-state index is 13.1. The van der Waals surface area contributed by atoms with Crippen LogP contribution in [0.5, 0.6) is 0 Å². The van der Waals surface area contributed by atoms with E-state index in [0.717, 1.165) is 114 Å². The zero-order valence-electron chi connectivity index (χ0n) is 59.3. The van der Waals surface area contributed by atoms with Gasteiger partial charge in [-0.2, -0.15) is 0 Å². The molecule has 0 heterocycles. The number of carbonyl (C=O) groups is 4. The Labute approximate surface area is 556 Å². The topological polar surface area (TPSA) is 237 Å². The van der Waals surface area contributed by atoms with Crippen LogP contribution in [0, 0.1) is 17.8 Å². The van der Waals surface area contributed by atoms with E-state index in [4.69, 9.17) is 37.0 Å². The predicted molar refractivity (Wildman–Crippen MR) is 368 cm³/mol. The average Bonchev–Trinajstić information content (AvgIpc) is 3.10. The number of esters is 4. The number of rotatable bonds is 70. The largest absolute Gasteiger partial charge is 0.472 e. The summed E-state index contributed by atoms with van der Waals surface area (Å²) in [4.78, 5) is 72.3. The molecular weight excluding hydrogens is 1200 g/mol. The average molecular weight is 1340 g/mol. The highest BCUT2D eigenvalue weighted by molar-refractivity contribution is 7.47. The zero-order valence-corrected chi connectivity index (χ0v) is 61.1. The Kier molecular flexibility index (Phi) is 61.5. The summed E-state index contributed by atoms with van der Waals surface area (Å²) in [6.07, 6.45) is 47.7. The maximum atomic E-state index is 13.1. The van der Waals surface area contributed by atoms with Crippen molar-refractivity contribution in [1.82, 2.24) is 0 Å². The fourth-order valence-corrected chi connectivity index (χ4v) is 12.4. The van der Waals surface area contributed by atoms with Gasteiger partial charge in [0.25, 0.3) is 0 Å². The van der Waals surface area contributed by atoms with Crippen LogP contribution in [0.1, 0.15) is 363 Å². The lowest BCUT2D eigenvalue weighted by atomic mass is 9.99. The van der Waals surface area contributed by atoms with E-state index < -0.39 is 97.5 Å². The molecule has 0 saturated heterocycles. The molecule has 0 fully saturated rings. The van der Waals surface area contributed by atoms with Gasteiger partial charge in [0.1, 0.15) is 19.3 Å². The van der Waals surface area contributed by atoms with Gasteiger partial charge in [-0.1, -0.05) is 312 Å². The monoisotopic (exact) mass is 1340 g/mol. The second-order valence-corrected chi connectivity index (χ2v) is 29.6. The molecule has 540 valence electrons. The van der Waals surface area contributed by atoms with Crippen molar-refractivity contribution in [3.05, 3.63) is 0 Å². The van der Waals surface area contributed by atoms with Gasteiger partial charge in [-0.3, -0.25) is 37.3 Å². The van der Waals surface area contributed by atoms with Gasteiger partial charge in [0.05, 0.1) is 26.4 Å². The van der Waals surface area contributed by atoms with Crippen molar-refractivity contribution < 1.29 is 80.2 Å². The van der Waals surface area contributed by atoms with Crippen LogP contribution in [0.15, 0.2) is 0 Å². The molecule has 0 aliphatic carbocycles. The van der Waals surface area contributed by atoms with E-state index in [1.807, 2.05) is 0 Å². The van der Waals surface area contributed by atoms with Crippen LogP contribution in [0.25, 0.3) is 0 Å². The number of phosphoric ester groups is 2. The van der Waals surface area contributed by atoms with Crippen molar-refractivity contribution in [1.29, 1.82) is 0 Å². The van der Waals surface area contributed by atoms with Gasteiger partial charge in [0, 0.05) is 25.7 Å². The van der Waals surface area contributed by atoms with Crippen molar-refractivity contribution in [2.24, 2.45) is 17.8 Å². The minimum absolute atomic E-state index is 0.102. The molecule has 0 aromatic carbocycles. The number of aliphatic hydroxyl groups is 1. The molecular formula is C72H140O17P2. The third-order valence-corrected chi connectivity index (χ3v) is 19.6. The normalized spacial score (nSPS) is 15.1. The van der Waals surface area contributed by atoms with E-state index in [1.165, 1.54) is 167 Å². The van der Waals surface area contributed by atoms with Crippen molar-refractivity contribution >= 4 is 39.5 Å². The van der Waals surface area contributed by atoms with Gasteiger partial charge in [-0.05, 0) is 43.4 Å². The molecule has 0 amide bonds. The molecule has 3 N–H and O–H groups in total. The van der Waals surface area contributed by atoms with Crippen LogP contribution in [0.3, 0.4) is 0 Å². The SMILES string of the molecule is CCCCCCCC(=O)OC[C@H](COP(=O)(O)OC[C@H](O)COP(=O)(O)OC[C@@H](COC(=O)CCCCCCCCCCCCC(C)CC)OC(=O)CCCCCCCCCCCCCCCCCCCCC(C)CC)OC(=O)CCCCCCCCC(C)CC. The summed E-state index contributed by atoms with van der Waals surface area (Å²) >= 11 is 0. The summed E-state index contributed by atoms with van der Waals surface area (Å²) in [6.45, 7) is 11.8. The molecule has 17 nitrogen and oxygen atoms in total. The molecule has 0 rings (SSSR count). The summed E-state index contributed by atoms with van der Waals surface area (Å²) in [7, 11) is -9.89. The van der Waals surface area contributed by atoms with Crippen LogP contribution in [0.2, 0.25) is 0 Å². The summed E-state index contributed by atoms with van der Waals surface area (Å²) < 4.78 is 68.1. The summed E-state index contributed by atoms with van der Waals surface area (Å²) in [6, 6.07) is 0. The van der Waals surface area contributed by atoms with Gasteiger partial charge < -0.3 is 33.8 Å². The first kappa shape index (κ1) is 89.1. The third kappa shape index (κ3) is 62.6. The van der Waals surface area contributed by atoms with Crippen molar-refractivity contribution in [2.45, 2.75) is 381 Å². The number of phosphoric acid groups is 2. The van der Waals surface area contributed by atoms with Crippen molar-refractivity contribution in [3.8, 4) is 0 Å². The Morgan fingerprint density at radius 2 is 0.527 bits per heavy atom. The minimum Gasteiger partial charge on any atom is -0.462 e. The quantitative estimate of drug-likeness (QED) is 0.0222. The van der Waals surface area contributed by atoms with E-state index in [-0.39, 0.29) is 25.7 Å². The Hall–Kier alpha value is -1.94. The number of carbonyl (C=O) groups excluding carboxylic acids is 4. The summed E-state index contributed by atoms with van der Waals surface area (Å²) in [5.41, 5.74) is 0. The van der Waals surface area contributed by atoms with E-state index in [9.17, 15) is 43.2 Å². The highest BCUT2D eigenvalue weighted by Gasteiger charge is 2.30. The number of hydrogen-bond donors (Lipinski definition) is 3. The molecule has 0 aliphatic heterocycles. The summed E-state index contributed by atoms with van der Waals surface area (Å²) in [5, 5.41) is 10.6. The first-order valence-electron chi connectivity index (χ1n) is 37.5. The lowest BCUT2D eigenvalue weighted by molar-refractivity contribution is -0.161. The van der Waals surface area contributed by atoms with Gasteiger partial charge in [-0.25, -0.2) is 9.13 Å². The smallest absolute Gasteiger partial charge is 0.462 e. The Balaban J connectivity index is 5.11. The Morgan fingerprint density at radius 1 is 0.308 bits per heavy atom. The van der Waals surface area contributed by atoms with Gasteiger partial charge in [0.15, 0.2) is 12.2 Å². The van der Waals surface area contributed by atoms with Crippen LogP contribution in [-0.4, -0.2) is 96.7 Å². The van der Waals surface area contributed by atoms with Gasteiger partial charge >= 0.3 is 39.5 Å². The van der Waals surface area contributed by atoms with Crippen LogP contribution in [-0.2, 0) is 65.4 Å². The molecule has 0 radical (unpaired) electrons. The highest BCUT2D eigenvalue weighted by atomic mass is 31.2. The molecule has 0 bridgehead atoms. The lowest BCUT2D eigenvalue weighted by Crippen LogP contribution is -2.30. The molecule has 0 aromatic heterocycles. The van der Waals surface area contributed by atoms with E-state index in [0.29, 0.717) is 25.7 Å². The summed E-state index contributed by atoms with van der Waals surface area (Å²) in [5.74, 6) is 0.263. The molecule has 91 heavy (non-hydrogen) atoms. The van der Waals surface area contributed by atoms with Gasteiger partial charge in [0.2, 0.25) is 0 Å². The van der Waals surface area contributed by atoms with Crippen LogP contribution >= 0.6 is 15.6 Å². The molecule has 8 atom stereocenters. The first-order valence-corrected chi connectivity index (χ1v) is 40.5. The van der Waals surface area contributed by atoms with Crippen LogP contribution in [0.4, 0.5) is 0 Å². The lowest BCUT2D eigenvalue weighted by Gasteiger charge is -2.21. The van der Waals surface area contributed by atoms with E-state index in [1.54, 1.807) is 0 Å². The Morgan fingerprint density at radius 3 is 0.780 bits per heavy atom. The number of aliphatic hydroxyl groups excluding tert-OH is 1. The highest BCUT2D eigenvalue weighted by Crippen LogP contribution is 2.45. The molecule has 0 saturated carbocycles.